The van der Waals surface area contributed by atoms with Gasteiger partial charge in [0.2, 0.25) is 0 Å². The minimum Gasteiger partial charge on any atom is -0.105 e. The van der Waals surface area contributed by atoms with Crippen LogP contribution in [0.15, 0.2) is 18.2 Å². The molecule has 0 aliphatic heterocycles. The van der Waals surface area contributed by atoms with Crippen LogP contribution >= 0.6 is 9.24 Å². The number of rotatable bonds is 0. The summed E-state index contributed by atoms with van der Waals surface area (Å²) in [7, 11) is 2.71. The van der Waals surface area contributed by atoms with Crippen LogP contribution in [-0.2, 0) is 0 Å². The summed E-state index contributed by atoms with van der Waals surface area (Å²) in [5.74, 6) is 0. The molecular formula is C12H23P. The van der Waals surface area contributed by atoms with Gasteiger partial charge in [0.15, 0.2) is 0 Å². The zero-order valence-corrected chi connectivity index (χ0v) is 11.0. The zero-order valence-electron chi connectivity index (χ0n) is 9.81. The standard InChI is InChI=1S/C8H11P.2C2H6/c1-6-3-4-8(9)7(2)5-6;2*1-2/h3-5H,9H2,1-2H3;2*1-2H3. The average molecular weight is 198 g/mol. The molecule has 1 unspecified atom stereocenters. The second kappa shape index (κ2) is 9.74. The Bertz CT molecular complexity index is 216. The van der Waals surface area contributed by atoms with Gasteiger partial charge >= 0.3 is 0 Å². The molecule has 0 amide bonds. The van der Waals surface area contributed by atoms with E-state index >= 15 is 0 Å². The van der Waals surface area contributed by atoms with E-state index in [2.05, 4.69) is 41.3 Å². The van der Waals surface area contributed by atoms with Crippen molar-refractivity contribution >= 4 is 14.5 Å². The third-order valence-electron chi connectivity index (χ3n) is 1.43. The van der Waals surface area contributed by atoms with Crippen LogP contribution in [0.4, 0.5) is 0 Å². The van der Waals surface area contributed by atoms with E-state index in [0.29, 0.717) is 0 Å². The first-order valence-corrected chi connectivity index (χ1v) is 5.60. The molecule has 0 fully saturated rings. The highest BCUT2D eigenvalue weighted by Crippen LogP contribution is 2.02. The van der Waals surface area contributed by atoms with Gasteiger partial charge in [-0.25, -0.2) is 0 Å². The monoisotopic (exact) mass is 198 g/mol. The van der Waals surface area contributed by atoms with Crippen molar-refractivity contribution < 1.29 is 0 Å². The Balaban J connectivity index is 0. The van der Waals surface area contributed by atoms with Crippen molar-refractivity contribution in [2.75, 3.05) is 0 Å². The SMILES string of the molecule is CC.CC.Cc1ccc(P)c(C)c1. The molecule has 0 saturated carbocycles. The molecule has 1 heteroatoms. The zero-order chi connectivity index (χ0) is 10.9. The van der Waals surface area contributed by atoms with Gasteiger partial charge < -0.3 is 0 Å². The van der Waals surface area contributed by atoms with E-state index in [4.69, 9.17) is 0 Å². The van der Waals surface area contributed by atoms with Crippen molar-refractivity contribution in [1.82, 2.24) is 0 Å². The van der Waals surface area contributed by atoms with E-state index in [-0.39, 0.29) is 0 Å². The van der Waals surface area contributed by atoms with Crippen molar-refractivity contribution in [3.63, 3.8) is 0 Å². The van der Waals surface area contributed by atoms with Crippen molar-refractivity contribution in [3.8, 4) is 0 Å². The van der Waals surface area contributed by atoms with E-state index in [0.717, 1.165) is 0 Å². The fraction of sp³-hybridized carbons (Fsp3) is 0.500. The number of benzene rings is 1. The Labute approximate surface area is 86.0 Å². The number of aryl methyl sites for hydroxylation is 2. The van der Waals surface area contributed by atoms with Gasteiger partial charge in [-0.05, 0) is 24.7 Å². The fourth-order valence-corrected chi connectivity index (χ4v) is 1.01. The first-order valence-electron chi connectivity index (χ1n) is 5.03. The largest absolute Gasteiger partial charge is 0.105 e. The fourth-order valence-electron chi connectivity index (χ4n) is 0.826. The van der Waals surface area contributed by atoms with Gasteiger partial charge in [-0.15, -0.1) is 9.24 Å². The molecular weight excluding hydrogens is 175 g/mol. The smallest absolute Gasteiger partial charge is 0.0273 e. The lowest BCUT2D eigenvalue weighted by Crippen LogP contribution is -1.94. The summed E-state index contributed by atoms with van der Waals surface area (Å²) in [5, 5.41) is 1.29. The molecule has 0 aliphatic rings. The molecule has 0 spiro atoms. The lowest BCUT2D eigenvalue weighted by atomic mass is 10.2. The maximum atomic E-state index is 2.71. The van der Waals surface area contributed by atoms with Crippen LogP contribution in [0.2, 0.25) is 0 Å². The van der Waals surface area contributed by atoms with Gasteiger partial charge in [-0.3, -0.25) is 0 Å². The van der Waals surface area contributed by atoms with Crippen molar-refractivity contribution in [2.24, 2.45) is 0 Å². The van der Waals surface area contributed by atoms with Crippen LogP contribution in [0.25, 0.3) is 0 Å². The van der Waals surface area contributed by atoms with Crippen molar-refractivity contribution in [2.45, 2.75) is 41.5 Å². The second-order valence-corrected chi connectivity index (χ2v) is 2.98. The Morgan fingerprint density at radius 1 is 0.923 bits per heavy atom. The van der Waals surface area contributed by atoms with Gasteiger partial charge in [0.25, 0.3) is 0 Å². The van der Waals surface area contributed by atoms with Crippen molar-refractivity contribution in [1.29, 1.82) is 0 Å². The highest BCUT2D eigenvalue weighted by atomic mass is 31.0. The maximum Gasteiger partial charge on any atom is -0.0273 e. The number of hydrogen-bond acceptors (Lipinski definition) is 0. The third-order valence-corrected chi connectivity index (χ3v) is 2.07. The molecule has 0 aromatic heterocycles. The molecule has 0 radical (unpaired) electrons. The van der Waals surface area contributed by atoms with Gasteiger partial charge in [-0.1, -0.05) is 51.5 Å². The van der Waals surface area contributed by atoms with Gasteiger partial charge in [0, 0.05) is 0 Å². The van der Waals surface area contributed by atoms with E-state index in [1.54, 1.807) is 0 Å². The van der Waals surface area contributed by atoms with Crippen LogP contribution in [0.3, 0.4) is 0 Å². The molecule has 13 heavy (non-hydrogen) atoms. The molecule has 0 N–H and O–H groups in total. The Kier molecular flexibility index (Phi) is 11.3. The number of hydrogen-bond donors (Lipinski definition) is 0. The van der Waals surface area contributed by atoms with Gasteiger partial charge in [-0.2, -0.15) is 0 Å². The van der Waals surface area contributed by atoms with Crippen LogP contribution in [0, 0.1) is 13.8 Å². The summed E-state index contributed by atoms with van der Waals surface area (Å²) in [4.78, 5) is 0. The van der Waals surface area contributed by atoms with Crippen LogP contribution in [0.5, 0.6) is 0 Å². The molecule has 1 aromatic carbocycles. The minimum atomic E-state index is 1.29. The molecule has 0 nitrogen and oxygen atoms in total. The molecule has 0 heterocycles. The second-order valence-electron chi connectivity index (χ2n) is 2.36. The predicted octanol–water partition coefficient (Wildman–Crippen LogP) is 3.86. The molecule has 0 bridgehead atoms. The van der Waals surface area contributed by atoms with E-state index in [1.165, 1.54) is 16.4 Å². The molecule has 1 atom stereocenters. The quantitative estimate of drug-likeness (QED) is 0.555. The first-order chi connectivity index (χ1) is 6.20. The topological polar surface area (TPSA) is 0 Å². The molecule has 0 aliphatic carbocycles. The van der Waals surface area contributed by atoms with Crippen LogP contribution in [-0.4, -0.2) is 0 Å². The average Bonchev–Trinajstić information content (AvgIpc) is 2.18. The normalized spacial score (nSPS) is 7.62. The van der Waals surface area contributed by atoms with Gasteiger partial charge in [0.05, 0.1) is 0 Å². The summed E-state index contributed by atoms with van der Waals surface area (Å²) >= 11 is 0. The Morgan fingerprint density at radius 2 is 1.38 bits per heavy atom. The first kappa shape index (κ1) is 15.1. The van der Waals surface area contributed by atoms with Crippen molar-refractivity contribution in [3.05, 3.63) is 29.3 Å². The van der Waals surface area contributed by atoms with Crippen LogP contribution < -0.4 is 5.30 Å². The lowest BCUT2D eigenvalue weighted by molar-refractivity contribution is 1.41. The summed E-state index contributed by atoms with van der Waals surface area (Å²) in [6, 6.07) is 6.42. The van der Waals surface area contributed by atoms with E-state index < -0.39 is 0 Å². The van der Waals surface area contributed by atoms with E-state index in [1.807, 2.05) is 27.7 Å². The van der Waals surface area contributed by atoms with Gasteiger partial charge in [0.1, 0.15) is 0 Å². The molecule has 76 valence electrons. The molecule has 1 aromatic rings. The molecule has 1 rings (SSSR count). The Hall–Kier alpha value is -0.350. The lowest BCUT2D eigenvalue weighted by Gasteiger charge is -1.98. The molecule has 0 saturated heterocycles. The third kappa shape index (κ3) is 6.78. The maximum absolute atomic E-state index is 2.71. The highest BCUT2D eigenvalue weighted by molar-refractivity contribution is 7.27. The van der Waals surface area contributed by atoms with Crippen LogP contribution in [0.1, 0.15) is 38.8 Å². The summed E-state index contributed by atoms with van der Waals surface area (Å²) < 4.78 is 0. The predicted molar refractivity (Wildman–Crippen MR) is 68.0 cm³/mol. The minimum absolute atomic E-state index is 1.29. The summed E-state index contributed by atoms with van der Waals surface area (Å²) in [5.41, 5.74) is 2.68. The highest BCUT2D eigenvalue weighted by Gasteiger charge is 1.89. The van der Waals surface area contributed by atoms with E-state index in [9.17, 15) is 0 Å². The summed E-state index contributed by atoms with van der Waals surface area (Å²) in [6.07, 6.45) is 0. The Morgan fingerprint density at radius 3 is 1.69 bits per heavy atom. The summed E-state index contributed by atoms with van der Waals surface area (Å²) in [6.45, 7) is 12.2.